The number of rotatable bonds is 11. The molecule has 1 aliphatic carbocycles. The molecule has 4 rings (SSSR count). The SMILES string of the molecule is CCCCOC(=O)c1ccc(NC2CCc3cc(NC(=O)COCc4ccccc4)c(Br)cc32)cc1. The van der Waals surface area contributed by atoms with Crippen molar-refractivity contribution >= 4 is 39.2 Å². The average molecular weight is 551 g/mol. The van der Waals surface area contributed by atoms with E-state index in [1.54, 1.807) is 12.1 Å². The van der Waals surface area contributed by atoms with E-state index in [0.717, 1.165) is 47.1 Å². The summed E-state index contributed by atoms with van der Waals surface area (Å²) in [7, 11) is 0. The van der Waals surface area contributed by atoms with Crippen LogP contribution in [0, 0.1) is 0 Å². The van der Waals surface area contributed by atoms with Crippen molar-refractivity contribution in [3.05, 3.63) is 93.5 Å². The summed E-state index contributed by atoms with van der Waals surface area (Å²) in [5, 5.41) is 6.52. The lowest BCUT2D eigenvalue weighted by Gasteiger charge is -2.17. The molecule has 1 unspecified atom stereocenters. The van der Waals surface area contributed by atoms with Crippen LogP contribution in [0.15, 0.2) is 71.2 Å². The van der Waals surface area contributed by atoms with Crippen LogP contribution in [0.1, 0.15) is 59.3 Å². The second-order valence-electron chi connectivity index (χ2n) is 8.86. The highest BCUT2D eigenvalue weighted by Crippen LogP contribution is 2.39. The molecule has 188 valence electrons. The van der Waals surface area contributed by atoms with E-state index >= 15 is 0 Å². The molecule has 0 aliphatic heterocycles. The molecular formula is C29H31BrN2O4. The summed E-state index contributed by atoms with van der Waals surface area (Å²) in [6.45, 7) is 2.90. The van der Waals surface area contributed by atoms with Gasteiger partial charge in [0.2, 0.25) is 5.91 Å². The number of ether oxygens (including phenoxy) is 2. The van der Waals surface area contributed by atoms with Gasteiger partial charge in [-0.2, -0.15) is 0 Å². The van der Waals surface area contributed by atoms with Gasteiger partial charge in [0, 0.05) is 10.2 Å². The minimum absolute atomic E-state index is 0.00918. The molecule has 0 saturated heterocycles. The maximum atomic E-state index is 12.4. The first-order valence-electron chi connectivity index (χ1n) is 12.3. The smallest absolute Gasteiger partial charge is 0.338 e. The lowest BCUT2D eigenvalue weighted by atomic mass is 10.1. The minimum atomic E-state index is -0.287. The Balaban J connectivity index is 1.32. The first kappa shape index (κ1) is 25.9. The van der Waals surface area contributed by atoms with Crippen LogP contribution in [0.3, 0.4) is 0 Å². The van der Waals surface area contributed by atoms with Crippen molar-refractivity contribution in [3.8, 4) is 0 Å². The zero-order chi connectivity index (χ0) is 25.3. The van der Waals surface area contributed by atoms with Crippen molar-refractivity contribution in [3.63, 3.8) is 0 Å². The molecule has 0 saturated carbocycles. The van der Waals surface area contributed by atoms with Crippen LogP contribution in [0.4, 0.5) is 11.4 Å². The number of nitrogens with one attached hydrogen (secondary N) is 2. The van der Waals surface area contributed by atoms with Gasteiger partial charge in [-0.05, 0) is 88.3 Å². The van der Waals surface area contributed by atoms with E-state index in [1.165, 1.54) is 11.1 Å². The van der Waals surface area contributed by atoms with Crippen LogP contribution in [0.5, 0.6) is 0 Å². The number of benzene rings is 3. The van der Waals surface area contributed by atoms with Gasteiger partial charge in [-0.3, -0.25) is 4.79 Å². The first-order valence-corrected chi connectivity index (χ1v) is 13.1. The summed E-state index contributed by atoms with van der Waals surface area (Å²) in [5.74, 6) is -0.474. The van der Waals surface area contributed by atoms with Gasteiger partial charge in [0.15, 0.2) is 0 Å². The predicted molar refractivity (Wildman–Crippen MR) is 145 cm³/mol. The maximum Gasteiger partial charge on any atom is 0.338 e. The van der Waals surface area contributed by atoms with E-state index in [1.807, 2.05) is 48.5 Å². The van der Waals surface area contributed by atoms with Crippen molar-refractivity contribution < 1.29 is 19.1 Å². The zero-order valence-electron chi connectivity index (χ0n) is 20.4. The summed E-state index contributed by atoms with van der Waals surface area (Å²) in [4.78, 5) is 24.5. The van der Waals surface area contributed by atoms with Crippen molar-refractivity contribution in [2.75, 3.05) is 23.8 Å². The number of aryl methyl sites for hydroxylation is 1. The fraction of sp³-hybridized carbons (Fsp3) is 0.310. The Labute approximate surface area is 220 Å². The quantitative estimate of drug-likeness (QED) is 0.206. The average Bonchev–Trinajstić information content (AvgIpc) is 3.26. The molecule has 0 spiro atoms. The minimum Gasteiger partial charge on any atom is -0.462 e. The number of anilines is 2. The third-order valence-corrected chi connectivity index (χ3v) is 6.77. The molecule has 0 radical (unpaired) electrons. The summed E-state index contributed by atoms with van der Waals surface area (Å²) < 4.78 is 11.7. The van der Waals surface area contributed by atoms with Gasteiger partial charge >= 0.3 is 5.97 Å². The van der Waals surface area contributed by atoms with E-state index in [4.69, 9.17) is 9.47 Å². The number of unbranched alkanes of at least 4 members (excludes halogenated alkanes) is 1. The molecule has 0 fully saturated rings. The lowest BCUT2D eigenvalue weighted by molar-refractivity contribution is -0.121. The molecule has 0 bridgehead atoms. The van der Waals surface area contributed by atoms with Gasteiger partial charge in [0.25, 0.3) is 0 Å². The molecule has 1 amide bonds. The summed E-state index contributed by atoms with van der Waals surface area (Å²) in [6, 6.07) is 21.4. The number of hydrogen-bond donors (Lipinski definition) is 2. The van der Waals surface area contributed by atoms with Crippen molar-refractivity contribution in [2.24, 2.45) is 0 Å². The maximum absolute atomic E-state index is 12.4. The Hall–Kier alpha value is -3.16. The first-order chi connectivity index (χ1) is 17.5. The van der Waals surface area contributed by atoms with Gasteiger partial charge in [-0.15, -0.1) is 0 Å². The Kier molecular flexibility index (Phi) is 9.14. The van der Waals surface area contributed by atoms with Crippen LogP contribution in [-0.4, -0.2) is 25.1 Å². The summed E-state index contributed by atoms with van der Waals surface area (Å²) in [5.41, 5.74) is 5.68. The second kappa shape index (κ2) is 12.7. The normalized spacial score (nSPS) is 14.2. The van der Waals surface area contributed by atoms with Crippen LogP contribution < -0.4 is 10.6 Å². The summed E-state index contributed by atoms with van der Waals surface area (Å²) in [6.07, 6.45) is 3.72. The molecule has 2 N–H and O–H groups in total. The lowest BCUT2D eigenvalue weighted by Crippen LogP contribution is -2.18. The molecule has 1 atom stereocenters. The third kappa shape index (κ3) is 6.95. The monoisotopic (exact) mass is 550 g/mol. The highest BCUT2D eigenvalue weighted by molar-refractivity contribution is 9.10. The predicted octanol–water partition coefficient (Wildman–Crippen LogP) is 6.66. The molecule has 6 nitrogen and oxygen atoms in total. The van der Waals surface area contributed by atoms with Gasteiger partial charge < -0.3 is 20.1 Å². The van der Waals surface area contributed by atoms with Crippen molar-refractivity contribution in [1.82, 2.24) is 0 Å². The standard InChI is InChI=1S/C29H31BrN2O4/c1-2-3-15-36-29(34)21-9-12-23(13-10-21)31-26-14-11-22-16-27(25(30)17-24(22)26)32-28(33)19-35-18-20-7-5-4-6-8-20/h4-10,12-13,16-17,26,31H,2-3,11,14-15,18-19H2,1H3,(H,32,33). The van der Waals surface area contributed by atoms with Gasteiger partial charge in [0.1, 0.15) is 6.61 Å². The molecule has 1 aliphatic rings. The largest absolute Gasteiger partial charge is 0.462 e. The van der Waals surface area contributed by atoms with Crippen molar-refractivity contribution in [1.29, 1.82) is 0 Å². The number of halogens is 1. The molecule has 7 heteroatoms. The molecule has 0 aromatic heterocycles. The molecule has 36 heavy (non-hydrogen) atoms. The van der Waals surface area contributed by atoms with Crippen LogP contribution in [0.2, 0.25) is 0 Å². The Bertz CT molecular complexity index is 1180. The number of esters is 1. The number of amides is 1. The van der Waals surface area contributed by atoms with E-state index in [9.17, 15) is 9.59 Å². The van der Waals surface area contributed by atoms with E-state index in [-0.39, 0.29) is 24.5 Å². The number of hydrogen-bond acceptors (Lipinski definition) is 5. The van der Waals surface area contributed by atoms with Crippen LogP contribution in [-0.2, 0) is 27.3 Å². The van der Waals surface area contributed by atoms with Gasteiger partial charge in [0.05, 0.1) is 30.5 Å². The number of carbonyl (C=O) groups excluding carboxylic acids is 2. The molecular weight excluding hydrogens is 520 g/mol. The summed E-state index contributed by atoms with van der Waals surface area (Å²) >= 11 is 3.61. The van der Waals surface area contributed by atoms with Crippen LogP contribution in [0.25, 0.3) is 0 Å². The van der Waals surface area contributed by atoms with E-state index in [0.29, 0.717) is 18.8 Å². The van der Waals surface area contributed by atoms with E-state index in [2.05, 4.69) is 39.6 Å². The Morgan fingerprint density at radius 3 is 2.58 bits per heavy atom. The fourth-order valence-electron chi connectivity index (χ4n) is 4.19. The number of carbonyl (C=O) groups is 2. The third-order valence-electron chi connectivity index (χ3n) is 6.12. The highest BCUT2D eigenvalue weighted by atomic mass is 79.9. The zero-order valence-corrected chi connectivity index (χ0v) is 22.0. The highest BCUT2D eigenvalue weighted by Gasteiger charge is 2.24. The van der Waals surface area contributed by atoms with Gasteiger partial charge in [-0.25, -0.2) is 4.79 Å². The fourth-order valence-corrected chi connectivity index (χ4v) is 4.65. The Morgan fingerprint density at radius 2 is 1.83 bits per heavy atom. The number of fused-ring (bicyclic) bond motifs is 1. The Morgan fingerprint density at radius 1 is 1.06 bits per heavy atom. The molecule has 3 aromatic carbocycles. The topological polar surface area (TPSA) is 76.7 Å². The van der Waals surface area contributed by atoms with Crippen molar-refractivity contribution in [2.45, 2.75) is 45.3 Å². The molecule has 3 aromatic rings. The van der Waals surface area contributed by atoms with Crippen LogP contribution >= 0.6 is 15.9 Å². The van der Waals surface area contributed by atoms with Gasteiger partial charge in [-0.1, -0.05) is 43.7 Å². The molecule has 0 heterocycles. The second-order valence-corrected chi connectivity index (χ2v) is 9.71. The van der Waals surface area contributed by atoms with E-state index < -0.39 is 0 Å².